The lowest BCUT2D eigenvalue weighted by atomic mass is 10.0. The lowest BCUT2D eigenvalue weighted by molar-refractivity contribution is -0.112. The molecule has 1 N–H and O–H groups in total. The first-order valence-electron chi connectivity index (χ1n) is 10.2. The fraction of sp³-hybridized carbons (Fsp3) is 0.154. The van der Waals surface area contributed by atoms with Crippen LogP contribution in [0, 0.1) is 27.6 Å². The van der Waals surface area contributed by atoms with Crippen molar-refractivity contribution in [2.75, 3.05) is 11.9 Å². The second-order valence-electron chi connectivity index (χ2n) is 7.31. The molecule has 33 heavy (non-hydrogen) atoms. The smallest absolute Gasteiger partial charge is 0.266 e. The molecule has 3 aromatic rings. The minimum atomic E-state index is -0.533. The van der Waals surface area contributed by atoms with Crippen LogP contribution in [0.15, 0.2) is 60.2 Å². The fourth-order valence-electron chi connectivity index (χ4n) is 3.21. The van der Waals surface area contributed by atoms with Gasteiger partial charge in [0.2, 0.25) is 0 Å². The number of rotatable bonds is 7. The van der Waals surface area contributed by atoms with Gasteiger partial charge in [-0.25, -0.2) is 4.39 Å². The van der Waals surface area contributed by atoms with Crippen molar-refractivity contribution < 1.29 is 13.9 Å². The number of hydrogen-bond acceptors (Lipinski definition) is 3. The average Bonchev–Trinajstić information content (AvgIpc) is 2.77. The van der Waals surface area contributed by atoms with Crippen LogP contribution in [0.4, 0.5) is 10.1 Å². The van der Waals surface area contributed by atoms with Gasteiger partial charge in [0, 0.05) is 26.3 Å². The molecule has 0 aliphatic rings. The Morgan fingerprint density at radius 1 is 1.24 bits per heavy atom. The Bertz CT molecular complexity index is 1270. The lowest BCUT2D eigenvalue weighted by Crippen LogP contribution is -2.13. The molecule has 3 rings (SSSR count). The zero-order chi connectivity index (χ0) is 24.0. The molecule has 0 aliphatic carbocycles. The minimum absolute atomic E-state index is 0.0529. The van der Waals surface area contributed by atoms with Gasteiger partial charge in [-0.2, -0.15) is 5.26 Å². The molecule has 0 aromatic heterocycles. The Morgan fingerprint density at radius 3 is 2.70 bits per heavy atom. The van der Waals surface area contributed by atoms with E-state index in [0.29, 0.717) is 35.1 Å². The molecule has 0 radical (unpaired) electrons. The predicted molar refractivity (Wildman–Crippen MR) is 138 cm³/mol. The zero-order valence-electron chi connectivity index (χ0n) is 18.1. The first-order chi connectivity index (χ1) is 15.8. The van der Waals surface area contributed by atoms with E-state index in [2.05, 4.69) is 27.9 Å². The van der Waals surface area contributed by atoms with E-state index in [1.807, 2.05) is 32.0 Å². The van der Waals surface area contributed by atoms with Gasteiger partial charge in [-0.05, 0) is 95.6 Å². The van der Waals surface area contributed by atoms with Crippen molar-refractivity contribution >= 4 is 51.9 Å². The summed E-state index contributed by atoms with van der Waals surface area (Å²) in [6, 6.07) is 17.2. The molecule has 1 amide bonds. The van der Waals surface area contributed by atoms with Gasteiger partial charge in [-0.3, -0.25) is 4.79 Å². The number of ether oxygens (including phenoxy) is 1. The summed E-state index contributed by atoms with van der Waals surface area (Å²) in [5.74, 6) is -0.197. The third-order valence-electron chi connectivity index (χ3n) is 4.85. The van der Waals surface area contributed by atoms with Crippen LogP contribution in [-0.2, 0) is 11.2 Å². The van der Waals surface area contributed by atoms with Crippen molar-refractivity contribution in [1.29, 1.82) is 5.26 Å². The number of nitrogens with one attached hydrogen (secondary N) is 1. The Balaban J connectivity index is 1.91. The molecule has 0 heterocycles. The molecular formula is C26H21ClFIN2O2. The van der Waals surface area contributed by atoms with Gasteiger partial charge < -0.3 is 10.1 Å². The quantitative estimate of drug-likeness (QED) is 0.189. The second kappa shape index (κ2) is 11.3. The Morgan fingerprint density at radius 2 is 2.03 bits per heavy atom. The van der Waals surface area contributed by atoms with E-state index in [1.165, 1.54) is 18.2 Å². The summed E-state index contributed by atoms with van der Waals surface area (Å²) in [5.41, 5.74) is 3.74. The molecule has 0 bridgehead atoms. The molecule has 4 nitrogen and oxygen atoms in total. The first-order valence-corrected chi connectivity index (χ1v) is 11.6. The van der Waals surface area contributed by atoms with Gasteiger partial charge in [0.1, 0.15) is 23.2 Å². The molecule has 3 aromatic carbocycles. The van der Waals surface area contributed by atoms with E-state index in [0.717, 1.165) is 20.3 Å². The normalized spacial score (nSPS) is 11.1. The van der Waals surface area contributed by atoms with Gasteiger partial charge in [0.25, 0.3) is 5.91 Å². The highest BCUT2D eigenvalue weighted by Gasteiger charge is 2.14. The third-order valence-corrected chi connectivity index (χ3v) is 6.22. The summed E-state index contributed by atoms with van der Waals surface area (Å²) in [4.78, 5) is 12.7. The summed E-state index contributed by atoms with van der Waals surface area (Å²) in [6.45, 7) is 4.19. The van der Waals surface area contributed by atoms with E-state index in [9.17, 15) is 14.4 Å². The number of hydrogen-bond donors (Lipinski definition) is 1. The number of carbonyl (C=O) groups excluding carboxylic acids is 1. The standard InChI is InChI=1S/C26H21ClFIN2O2/c1-3-33-25-13-18(12-24(29)22(25)11-17-5-4-6-20(28)10-17)9-19(15-30)26(32)31-21-8-7-16(2)23(27)14-21/h4-10,12-14H,3,11H2,1-2H3,(H,31,32)/b19-9+. The van der Waals surface area contributed by atoms with Crippen LogP contribution < -0.4 is 10.1 Å². The van der Waals surface area contributed by atoms with Crippen molar-refractivity contribution in [2.24, 2.45) is 0 Å². The largest absolute Gasteiger partial charge is 0.494 e. The average molecular weight is 575 g/mol. The monoisotopic (exact) mass is 574 g/mol. The van der Waals surface area contributed by atoms with E-state index >= 15 is 0 Å². The maximum Gasteiger partial charge on any atom is 0.266 e. The van der Waals surface area contributed by atoms with E-state index in [4.69, 9.17) is 16.3 Å². The highest BCUT2D eigenvalue weighted by Crippen LogP contribution is 2.30. The molecular weight excluding hydrogens is 554 g/mol. The Labute approximate surface area is 211 Å². The van der Waals surface area contributed by atoms with Crippen LogP contribution in [0.3, 0.4) is 0 Å². The van der Waals surface area contributed by atoms with Crippen LogP contribution in [0.1, 0.15) is 29.2 Å². The highest BCUT2D eigenvalue weighted by atomic mass is 127. The first kappa shape index (κ1) is 24.7. The number of amides is 1. The van der Waals surface area contributed by atoms with Crippen molar-refractivity contribution in [3.8, 4) is 11.8 Å². The van der Waals surface area contributed by atoms with Crippen LogP contribution in [0.2, 0.25) is 5.02 Å². The number of nitrogens with zero attached hydrogens (tertiary/aromatic N) is 1. The number of nitriles is 1. The van der Waals surface area contributed by atoms with Crippen molar-refractivity contribution in [3.05, 3.63) is 96.8 Å². The van der Waals surface area contributed by atoms with Crippen LogP contribution in [0.5, 0.6) is 5.75 Å². The van der Waals surface area contributed by atoms with E-state index in [1.54, 1.807) is 30.3 Å². The molecule has 0 aliphatic heterocycles. The Kier molecular flexibility index (Phi) is 8.48. The summed E-state index contributed by atoms with van der Waals surface area (Å²) in [6.07, 6.45) is 2.01. The SMILES string of the molecule is CCOc1cc(/C=C(\C#N)C(=O)Nc2ccc(C)c(Cl)c2)cc(I)c1Cc1cccc(F)c1. The molecule has 0 fully saturated rings. The number of benzene rings is 3. The maximum absolute atomic E-state index is 13.6. The summed E-state index contributed by atoms with van der Waals surface area (Å²) >= 11 is 8.31. The van der Waals surface area contributed by atoms with Crippen molar-refractivity contribution in [3.63, 3.8) is 0 Å². The summed E-state index contributed by atoms with van der Waals surface area (Å²) in [5, 5.41) is 12.8. The highest BCUT2D eigenvalue weighted by molar-refractivity contribution is 14.1. The fourth-order valence-corrected chi connectivity index (χ4v) is 4.20. The molecule has 0 saturated carbocycles. The van der Waals surface area contributed by atoms with Crippen LogP contribution in [0.25, 0.3) is 6.08 Å². The van der Waals surface area contributed by atoms with Gasteiger partial charge in [-0.1, -0.05) is 29.8 Å². The molecule has 0 saturated heterocycles. The molecule has 0 atom stereocenters. The van der Waals surface area contributed by atoms with Crippen LogP contribution in [-0.4, -0.2) is 12.5 Å². The van der Waals surface area contributed by atoms with Gasteiger partial charge in [0.15, 0.2) is 0 Å². The summed E-state index contributed by atoms with van der Waals surface area (Å²) < 4.78 is 20.3. The lowest BCUT2D eigenvalue weighted by Gasteiger charge is -2.14. The van der Waals surface area contributed by atoms with Gasteiger partial charge in [-0.15, -0.1) is 0 Å². The summed E-state index contributed by atoms with van der Waals surface area (Å²) in [7, 11) is 0. The number of aryl methyl sites for hydroxylation is 1. The van der Waals surface area contributed by atoms with E-state index in [-0.39, 0.29) is 11.4 Å². The van der Waals surface area contributed by atoms with Gasteiger partial charge >= 0.3 is 0 Å². The zero-order valence-corrected chi connectivity index (χ0v) is 21.0. The second-order valence-corrected chi connectivity index (χ2v) is 8.88. The third kappa shape index (κ3) is 6.56. The van der Waals surface area contributed by atoms with E-state index < -0.39 is 5.91 Å². The number of carbonyl (C=O) groups is 1. The maximum atomic E-state index is 13.6. The molecule has 0 unspecified atom stereocenters. The minimum Gasteiger partial charge on any atom is -0.494 e. The van der Waals surface area contributed by atoms with Crippen LogP contribution >= 0.6 is 34.2 Å². The predicted octanol–water partition coefficient (Wildman–Crippen LogP) is 6.93. The Hall–Kier alpha value is -2.89. The molecule has 0 spiro atoms. The number of halogens is 3. The molecule has 7 heteroatoms. The van der Waals surface area contributed by atoms with Crippen molar-refractivity contribution in [1.82, 2.24) is 0 Å². The topological polar surface area (TPSA) is 62.1 Å². The number of anilines is 1. The molecule has 168 valence electrons. The van der Waals surface area contributed by atoms with Gasteiger partial charge in [0.05, 0.1) is 6.61 Å². The van der Waals surface area contributed by atoms with Crippen molar-refractivity contribution in [2.45, 2.75) is 20.3 Å².